The third kappa shape index (κ3) is 56.3. The first-order valence-corrected chi connectivity index (χ1v) is 3.23. The van der Waals surface area contributed by atoms with E-state index < -0.39 is 0 Å². The van der Waals surface area contributed by atoms with E-state index in [0.29, 0.717) is 0 Å². The van der Waals surface area contributed by atoms with Gasteiger partial charge in [-0.3, -0.25) is 0 Å². The fourth-order valence-electron chi connectivity index (χ4n) is 0.0962. The van der Waals surface area contributed by atoms with Crippen molar-refractivity contribution in [3.8, 4) is 0 Å². The standard InChI is InChI=1S/2CH4O.2CH3O.Al.Y/c4*1-2;;/h2*2H,1H3;2*1H3;;/q;;2*-1;+1;/p+2. The molecule has 0 fully saturated rings. The van der Waals surface area contributed by atoms with Crippen LogP contribution in [0.25, 0.3) is 0 Å². The molecule has 6 heteroatoms. The third-order valence-corrected chi connectivity index (χ3v) is 0.577. The zero-order valence-electron chi connectivity index (χ0n) is 6.97. The Bertz CT molecular complexity index is 24.7. The van der Waals surface area contributed by atoms with Gasteiger partial charge in [0.05, 0.1) is 0 Å². The molecule has 0 aromatic rings. The summed E-state index contributed by atoms with van der Waals surface area (Å²) in [6.45, 7) is 0. The van der Waals surface area contributed by atoms with Crippen LogP contribution in [0.4, 0.5) is 0 Å². The Morgan fingerprint density at radius 2 is 1.10 bits per heavy atom. The summed E-state index contributed by atoms with van der Waals surface area (Å²) in [5.41, 5.74) is 0. The molecular formula is C4H16AlO4Y+. The molecule has 0 rings (SSSR count). The average Bonchev–Trinajstić information content (AvgIpc) is 1.98. The molecule has 0 atom stereocenters. The van der Waals surface area contributed by atoms with Crippen molar-refractivity contribution in [2.45, 2.75) is 0 Å². The number of rotatable bonds is 2. The van der Waals surface area contributed by atoms with E-state index >= 15 is 0 Å². The van der Waals surface area contributed by atoms with Crippen molar-refractivity contribution in [3.05, 3.63) is 0 Å². The molecule has 0 aromatic carbocycles. The predicted octanol–water partition coefficient (Wildman–Crippen LogP) is -1.51. The Balaban J connectivity index is -0.0000000315. The molecule has 0 aliphatic rings. The average molecular weight is 244 g/mol. The summed E-state index contributed by atoms with van der Waals surface area (Å²) >= 11 is -0.185. The van der Waals surface area contributed by atoms with Gasteiger partial charge >= 0.3 is 0 Å². The van der Waals surface area contributed by atoms with Gasteiger partial charge in [-0.05, 0) is 14.2 Å². The van der Waals surface area contributed by atoms with E-state index in [-0.39, 0.29) is 48.6 Å². The fraction of sp³-hybridized carbons (Fsp3) is 1.00. The molecule has 0 spiro atoms. The SMILES string of the molecule is C[OH2+].C[OH2+].C[O][Al-][O]C.[Y]. The van der Waals surface area contributed by atoms with Crippen LogP contribution < -0.4 is 0 Å². The van der Waals surface area contributed by atoms with Crippen molar-refractivity contribution in [2.24, 2.45) is 0 Å². The maximum atomic E-state index is 5.75. The fourth-order valence-corrected chi connectivity index (χ4v) is 0.289. The van der Waals surface area contributed by atoms with Gasteiger partial charge in [0.1, 0.15) is 30.1 Å². The van der Waals surface area contributed by atoms with Gasteiger partial charge in [-0.1, -0.05) is 0 Å². The summed E-state index contributed by atoms with van der Waals surface area (Å²) in [4.78, 5) is 0. The molecule has 0 amide bonds. The molecule has 4 N–H and O–H groups in total. The van der Waals surface area contributed by atoms with Gasteiger partial charge in [0.25, 0.3) is 0 Å². The molecular weight excluding hydrogens is 228 g/mol. The largest absolute Gasteiger partial charge is 0.681 e. The number of hydrogen-bond donors (Lipinski definition) is 0. The van der Waals surface area contributed by atoms with E-state index in [4.69, 9.17) is 10.2 Å². The van der Waals surface area contributed by atoms with Crippen molar-refractivity contribution in [2.75, 3.05) is 28.4 Å². The molecule has 0 aromatic heterocycles. The Labute approximate surface area is 94.2 Å². The smallest absolute Gasteiger partial charge is 0.135 e. The maximum Gasteiger partial charge on any atom is 0.135 e. The van der Waals surface area contributed by atoms with E-state index in [1.165, 1.54) is 14.2 Å². The zero-order valence-corrected chi connectivity index (χ0v) is 11.0. The van der Waals surface area contributed by atoms with Crippen molar-refractivity contribution >= 4 is 15.9 Å². The maximum absolute atomic E-state index is 5.75. The molecule has 0 aliphatic heterocycles. The summed E-state index contributed by atoms with van der Waals surface area (Å²) in [6.07, 6.45) is 0. The summed E-state index contributed by atoms with van der Waals surface area (Å²) in [5, 5.41) is 11.5. The van der Waals surface area contributed by atoms with E-state index in [1.54, 1.807) is 14.2 Å². The zero-order chi connectivity index (χ0) is 8.12. The van der Waals surface area contributed by atoms with E-state index in [0.717, 1.165) is 0 Å². The minimum absolute atomic E-state index is 0. The molecule has 3 radical (unpaired) electrons. The second-order valence-corrected chi connectivity index (χ2v) is 1.70. The first-order valence-electron chi connectivity index (χ1n) is 2.29. The minimum Gasteiger partial charge on any atom is -0.681 e. The van der Waals surface area contributed by atoms with Crippen LogP contribution in [0, 0.1) is 0 Å². The van der Waals surface area contributed by atoms with Crippen molar-refractivity contribution in [1.82, 2.24) is 0 Å². The van der Waals surface area contributed by atoms with Crippen molar-refractivity contribution < 1.29 is 50.5 Å². The molecule has 61 valence electrons. The summed E-state index contributed by atoms with van der Waals surface area (Å²) < 4.78 is 9.10. The van der Waals surface area contributed by atoms with Gasteiger partial charge in [-0.15, -0.1) is 0 Å². The van der Waals surface area contributed by atoms with Gasteiger partial charge in [-0.25, -0.2) is 0 Å². The van der Waals surface area contributed by atoms with Crippen LogP contribution in [0.1, 0.15) is 0 Å². The minimum atomic E-state index is -0.185. The number of hydrogen-bond acceptors (Lipinski definition) is 2. The Kier molecular flexibility index (Phi) is 106. The monoisotopic (exact) mass is 244 g/mol. The van der Waals surface area contributed by atoms with E-state index in [9.17, 15) is 0 Å². The Morgan fingerprint density at radius 1 is 0.900 bits per heavy atom. The summed E-state index contributed by atoms with van der Waals surface area (Å²) in [7, 11) is 5.75. The Hall–Kier alpha value is 1.48. The second-order valence-electron chi connectivity index (χ2n) is 0.568. The molecule has 0 unspecified atom stereocenters. The molecule has 4 nitrogen and oxygen atoms in total. The van der Waals surface area contributed by atoms with Crippen LogP contribution in [0.15, 0.2) is 0 Å². The van der Waals surface area contributed by atoms with Crippen LogP contribution in [-0.4, -0.2) is 54.5 Å². The van der Waals surface area contributed by atoms with Gasteiger partial charge in [0.2, 0.25) is 0 Å². The first-order chi connectivity index (χ1) is 4.41. The van der Waals surface area contributed by atoms with Crippen LogP contribution in [-0.2, 0) is 40.3 Å². The second kappa shape index (κ2) is 47.0. The normalized spacial score (nSPS) is 5.40. The van der Waals surface area contributed by atoms with Gasteiger partial charge in [-0.2, -0.15) is 0 Å². The molecule has 0 aliphatic carbocycles. The predicted molar refractivity (Wildman–Crippen MR) is 38.8 cm³/mol. The quantitative estimate of drug-likeness (QED) is 0.438. The molecule has 0 saturated heterocycles. The van der Waals surface area contributed by atoms with Gasteiger partial charge in [0.15, 0.2) is 0 Å². The topological polar surface area (TPSA) is 64.3 Å². The third-order valence-electron chi connectivity index (χ3n) is 0.192. The van der Waals surface area contributed by atoms with E-state index in [1.807, 2.05) is 0 Å². The van der Waals surface area contributed by atoms with Crippen molar-refractivity contribution in [3.63, 3.8) is 0 Å². The van der Waals surface area contributed by atoms with E-state index in [2.05, 4.69) is 7.58 Å². The van der Waals surface area contributed by atoms with Crippen LogP contribution >= 0.6 is 0 Å². The van der Waals surface area contributed by atoms with Gasteiger partial charge < -0.3 is 17.8 Å². The molecule has 10 heavy (non-hydrogen) atoms. The van der Waals surface area contributed by atoms with Gasteiger partial charge in [0, 0.05) is 32.7 Å². The Morgan fingerprint density at radius 3 is 1.10 bits per heavy atom. The van der Waals surface area contributed by atoms with Crippen LogP contribution in [0.2, 0.25) is 0 Å². The first kappa shape index (κ1) is 22.5. The molecule has 0 heterocycles. The van der Waals surface area contributed by atoms with Crippen LogP contribution in [0.3, 0.4) is 0 Å². The molecule has 0 bridgehead atoms. The summed E-state index contributed by atoms with van der Waals surface area (Å²) in [5.74, 6) is 0. The molecule has 0 saturated carbocycles. The van der Waals surface area contributed by atoms with Crippen LogP contribution in [0.5, 0.6) is 0 Å². The summed E-state index contributed by atoms with van der Waals surface area (Å²) in [6, 6.07) is 0. The van der Waals surface area contributed by atoms with Crippen molar-refractivity contribution in [1.29, 1.82) is 0 Å².